The van der Waals surface area contributed by atoms with Crippen molar-refractivity contribution in [1.29, 1.82) is 5.26 Å². The summed E-state index contributed by atoms with van der Waals surface area (Å²) in [6.07, 6.45) is 4.48. The molecule has 1 amide bonds. The Hall–Kier alpha value is -2.88. The molecule has 2 aromatic rings. The van der Waals surface area contributed by atoms with Crippen LogP contribution >= 0.6 is 0 Å². The van der Waals surface area contributed by atoms with Crippen molar-refractivity contribution < 1.29 is 4.79 Å². The predicted molar refractivity (Wildman–Crippen MR) is 81.3 cm³/mol. The number of aromatic nitrogens is 3. The molecule has 1 unspecified atom stereocenters. The van der Waals surface area contributed by atoms with E-state index in [-0.39, 0.29) is 11.9 Å². The molecule has 0 aliphatic carbocycles. The summed E-state index contributed by atoms with van der Waals surface area (Å²) < 4.78 is 1.86. The minimum absolute atomic E-state index is 0.134. The molecule has 112 valence electrons. The Balaban J connectivity index is 1.73. The molecular formula is C15H16N6O. The average molecular weight is 296 g/mol. The highest BCUT2D eigenvalue weighted by Crippen LogP contribution is 2.27. The van der Waals surface area contributed by atoms with E-state index >= 15 is 0 Å². The summed E-state index contributed by atoms with van der Waals surface area (Å²) in [5, 5.41) is 16.2. The van der Waals surface area contributed by atoms with Gasteiger partial charge in [-0.1, -0.05) is 0 Å². The van der Waals surface area contributed by atoms with Crippen LogP contribution in [0, 0.1) is 11.3 Å². The van der Waals surface area contributed by atoms with Gasteiger partial charge in [0.25, 0.3) is 0 Å². The van der Waals surface area contributed by atoms with Crippen LogP contribution in [0.2, 0.25) is 0 Å². The molecule has 0 aromatic carbocycles. The molecule has 2 aromatic heterocycles. The minimum atomic E-state index is -0.134. The molecule has 1 aliphatic rings. The third kappa shape index (κ3) is 2.76. The molecule has 1 saturated heterocycles. The molecule has 1 aliphatic heterocycles. The Labute approximate surface area is 128 Å². The summed E-state index contributed by atoms with van der Waals surface area (Å²) in [7, 11) is 0. The monoisotopic (exact) mass is 296 g/mol. The van der Waals surface area contributed by atoms with E-state index < -0.39 is 0 Å². The van der Waals surface area contributed by atoms with Gasteiger partial charge in [0.1, 0.15) is 11.9 Å². The molecule has 1 atom stereocenters. The number of nitriles is 1. The molecule has 3 rings (SSSR count). The first-order valence-electron chi connectivity index (χ1n) is 7.10. The topological polar surface area (TPSA) is 86.8 Å². The van der Waals surface area contributed by atoms with Gasteiger partial charge >= 0.3 is 0 Å². The number of carbonyl (C=O) groups is 1. The van der Waals surface area contributed by atoms with Crippen molar-refractivity contribution in [2.45, 2.75) is 19.4 Å². The van der Waals surface area contributed by atoms with E-state index in [1.807, 2.05) is 10.9 Å². The van der Waals surface area contributed by atoms with Gasteiger partial charge in [0.2, 0.25) is 5.91 Å². The quantitative estimate of drug-likeness (QED) is 0.928. The molecule has 7 nitrogen and oxygen atoms in total. The first kappa shape index (κ1) is 14.1. The largest absolute Gasteiger partial charge is 0.353 e. The number of anilines is 2. The van der Waals surface area contributed by atoms with Crippen LogP contribution in [-0.4, -0.2) is 33.8 Å². The van der Waals surface area contributed by atoms with Gasteiger partial charge in [-0.25, -0.2) is 4.98 Å². The van der Waals surface area contributed by atoms with Crippen molar-refractivity contribution in [3.8, 4) is 6.07 Å². The molecule has 3 heterocycles. The van der Waals surface area contributed by atoms with E-state index in [1.165, 1.54) is 6.92 Å². The molecule has 1 fully saturated rings. The number of hydrogen-bond donors (Lipinski definition) is 1. The lowest BCUT2D eigenvalue weighted by atomic mass is 10.2. The summed E-state index contributed by atoms with van der Waals surface area (Å²) >= 11 is 0. The maximum Gasteiger partial charge on any atom is 0.222 e. The van der Waals surface area contributed by atoms with Gasteiger partial charge in [0.15, 0.2) is 5.82 Å². The summed E-state index contributed by atoms with van der Waals surface area (Å²) in [6, 6.07) is 7.71. The van der Waals surface area contributed by atoms with Gasteiger partial charge in [0.05, 0.1) is 11.6 Å². The predicted octanol–water partition coefficient (Wildman–Crippen LogP) is 1.56. The first-order valence-corrected chi connectivity index (χ1v) is 7.10. The van der Waals surface area contributed by atoms with Crippen LogP contribution in [0.25, 0.3) is 0 Å². The van der Waals surface area contributed by atoms with Crippen molar-refractivity contribution in [2.24, 2.45) is 0 Å². The standard InChI is InChI=1S/C15H16N6O/c1-11(22)18-14-5-8-21(19-14)13-4-7-20(10-13)15-12(9-16)3-2-6-17-15/h2-3,5-6,8,13H,4,7,10H2,1H3,(H,18,19,22). The molecule has 0 saturated carbocycles. The molecular weight excluding hydrogens is 280 g/mol. The smallest absolute Gasteiger partial charge is 0.222 e. The van der Waals surface area contributed by atoms with Gasteiger partial charge in [0, 0.05) is 38.5 Å². The van der Waals surface area contributed by atoms with E-state index in [4.69, 9.17) is 0 Å². The van der Waals surface area contributed by atoms with Gasteiger partial charge in [-0.3, -0.25) is 9.48 Å². The maximum absolute atomic E-state index is 11.0. The number of hydrogen-bond acceptors (Lipinski definition) is 5. The molecule has 7 heteroatoms. The zero-order valence-corrected chi connectivity index (χ0v) is 12.2. The lowest BCUT2D eigenvalue weighted by Gasteiger charge is -2.18. The summed E-state index contributed by atoms with van der Waals surface area (Å²) in [6.45, 7) is 3.03. The number of pyridine rings is 1. The van der Waals surface area contributed by atoms with E-state index in [2.05, 4.69) is 26.4 Å². The van der Waals surface area contributed by atoms with Crippen molar-refractivity contribution >= 4 is 17.5 Å². The van der Waals surface area contributed by atoms with Crippen LogP contribution in [0.3, 0.4) is 0 Å². The summed E-state index contributed by atoms with van der Waals surface area (Å²) in [4.78, 5) is 17.5. The normalized spacial score (nSPS) is 17.3. The lowest BCUT2D eigenvalue weighted by molar-refractivity contribution is -0.114. The Bertz CT molecular complexity index is 732. The maximum atomic E-state index is 11.0. The lowest BCUT2D eigenvalue weighted by Crippen LogP contribution is -2.23. The number of amides is 1. The fourth-order valence-electron chi connectivity index (χ4n) is 2.67. The number of nitrogens with one attached hydrogen (secondary N) is 1. The Morgan fingerprint density at radius 3 is 3.14 bits per heavy atom. The van der Waals surface area contributed by atoms with E-state index in [0.29, 0.717) is 11.4 Å². The van der Waals surface area contributed by atoms with Crippen LogP contribution in [0.5, 0.6) is 0 Å². The van der Waals surface area contributed by atoms with Crippen molar-refractivity contribution in [3.05, 3.63) is 36.2 Å². The fourth-order valence-corrected chi connectivity index (χ4v) is 2.67. The number of nitrogens with zero attached hydrogens (tertiary/aromatic N) is 5. The zero-order valence-electron chi connectivity index (χ0n) is 12.2. The van der Waals surface area contributed by atoms with Crippen LogP contribution in [0.15, 0.2) is 30.6 Å². The highest BCUT2D eigenvalue weighted by atomic mass is 16.1. The summed E-state index contributed by atoms with van der Waals surface area (Å²) in [5.74, 6) is 1.15. The SMILES string of the molecule is CC(=O)Nc1ccn(C2CCN(c3ncccc3C#N)C2)n1. The number of rotatable bonds is 3. The van der Waals surface area contributed by atoms with Gasteiger partial charge in [-0.05, 0) is 18.6 Å². The van der Waals surface area contributed by atoms with Crippen molar-refractivity contribution in [3.63, 3.8) is 0 Å². The van der Waals surface area contributed by atoms with Crippen molar-refractivity contribution in [1.82, 2.24) is 14.8 Å². The zero-order chi connectivity index (χ0) is 15.5. The van der Waals surface area contributed by atoms with E-state index in [9.17, 15) is 10.1 Å². The van der Waals surface area contributed by atoms with Gasteiger partial charge < -0.3 is 10.2 Å². The first-order chi connectivity index (χ1) is 10.7. The molecule has 0 bridgehead atoms. The second-order valence-corrected chi connectivity index (χ2v) is 5.24. The van der Waals surface area contributed by atoms with Crippen molar-refractivity contribution in [2.75, 3.05) is 23.3 Å². The fraction of sp³-hybridized carbons (Fsp3) is 0.333. The average Bonchev–Trinajstić information content (AvgIpc) is 3.15. The Morgan fingerprint density at radius 1 is 1.50 bits per heavy atom. The molecule has 1 N–H and O–H groups in total. The summed E-state index contributed by atoms with van der Waals surface area (Å²) in [5.41, 5.74) is 0.586. The van der Waals surface area contributed by atoms with Gasteiger partial charge in [-0.2, -0.15) is 10.4 Å². The van der Waals surface area contributed by atoms with E-state index in [1.54, 1.807) is 24.4 Å². The highest BCUT2D eigenvalue weighted by molar-refractivity contribution is 5.87. The van der Waals surface area contributed by atoms with Crippen LogP contribution in [0.4, 0.5) is 11.6 Å². The minimum Gasteiger partial charge on any atom is -0.353 e. The highest BCUT2D eigenvalue weighted by Gasteiger charge is 2.26. The third-order valence-corrected chi connectivity index (χ3v) is 3.66. The van der Waals surface area contributed by atoms with E-state index in [0.717, 1.165) is 25.3 Å². The van der Waals surface area contributed by atoms with Crippen LogP contribution in [-0.2, 0) is 4.79 Å². The number of carbonyl (C=O) groups excluding carboxylic acids is 1. The molecule has 0 radical (unpaired) electrons. The Kier molecular flexibility index (Phi) is 3.74. The second kappa shape index (κ2) is 5.85. The Morgan fingerprint density at radius 2 is 2.36 bits per heavy atom. The van der Waals surface area contributed by atoms with Crippen LogP contribution < -0.4 is 10.2 Å². The third-order valence-electron chi connectivity index (χ3n) is 3.66. The second-order valence-electron chi connectivity index (χ2n) is 5.24. The molecule has 22 heavy (non-hydrogen) atoms. The van der Waals surface area contributed by atoms with Crippen LogP contribution in [0.1, 0.15) is 24.9 Å². The van der Waals surface area contributed by atoms with Gasteiger partial charge in [-0.15, -0.1) is 0 Å². The molecule has 0 spiro atoms.